The topological polar surface area (TPSA) is 3.24 Å². The summed E-state index contributed by atoms with van der Waals surface area (Å²) in [7, 11) is 0. The zero-order valence-corrected chi connectivity index (χ0v) is 14.5. The summed E-state index contributed by atoms with van der Waals surface area (Å²) in [5.41, 5.74) is 4.58. The van der Waals surface area contributed by atoms with Crippen LogP contribution in [-0.4, -0.2) is 0 Å². The normalized spacial score (nSPS) is 16.5. The van der Waals surface area contributed by atoms with E-state index in [1.54, 1.807) is 6.08 Å². The standard InChI is InChI=1S/C24H23N/c1-3-4-11-21-12-9-16-24(19-21)25(22-13-6-5-7-14-22)23-15-8-10-20(2)17-18-23/h3-20H,1H2,2H3/b11-4+/t20-/m1/s1. The first-order valence-corrected chi connectivity index (χ1v) is 8.59. The molecule has 0 amide bonds. The highest BCUT2D eigenvalue weighted by atomic mass is 15.1. The maximum atomic E-state index is 3.75. The Balaban J connectivity index is 2.08. The van der Waals surface area contributed by atoms with Crippen LogP contribution < -0.4 is 4.90 Å². The second kappa shape index (κ2) is 8.16. The van der Waals surface area contributed by atoms with Crippen molar-refractivity contribution in [2.45, 2.75) is 6.92 Å². The molecule has 2 aromatic carbocycles. The molecule has 0 saturated carbocycles. The maximum Gasteiger partial charge on any atom is 0.0467 e. The smallest absolute Gasteiger partial charge is 0.0467 e. The molecule has 0 bridgehead atoms. The van der Waals surface area contributed by atoms with Crippen LogP contribution >= 0.6 is 0 Å². The number of rotatable bonds is 5. The van der Waals surface area contributed by atoms with Gasteiger partial charge in [-0.1, -0.05) is 80.3 Å². The molecule has 0 saturated heterocycles. The van der Waals surface area contributed by atoms with Crippen molar-refractivity contribution in [1.82, 2.24) is 0 Å². The van der Waals surface area contributed by atoms with Crippen molar-refractivity contribution in [3.63, 3.8) is 0 Å². The lowest BCUT2D eigenvalue weighted by molar-refractivity contribution is 0.941. The van der Waals surface area contributed by atoms with E-state index in [0.717, 1.165) is 22.6 Å². The molecule has 0 heterocycles. The molecule has 1 aliphatic rings. The van der Waals surface area contributed by atoms with Crippen LogP contribution in [0.25, 0.3) is 6.08 Å². The number of hydrogen-bond acceptors (Lipinski definition) is 1. The van der Waals surface area contributed by atoms with E-state index >= 15 is 0 Å². The van der Waals surface area contributed by atoms with E-state index in [4.69, 9.17) is 0 Å². The van der Waals surface area contributed by atoms with Crippen molar-refractivity contribution in [2.24, 2.45) is 5.92 Å². The molecular formula is C24H23N. The molecule has 0 N–H and O–H groups in total. The first-order valence-electron chi connectivity index (χ1n) is 8.59. The molecule has 0 fully saturated rings. The molecular weight excluding hydrogens is 302 g/mol. The van der Waals surface area contributed by atoms with Gasteiger partial charge in [-0.25, -0.2) is 0 Å². The van der Waals surface area contributed by atoms with E-state index in [2.05, 4.69) is 103 Å². The molecule has 1 heteroatoms. The summed E-state index contributed by atoms with van der Waals surface area (Å²) in [6.07, 6.45) is 16.8. The van der Waals surface area contributed by atoms with Gasteiger partial charge in [0.1, 0.15) is 0 Å². The van der Waals surface area contributed by atoms with Gasteiger partial charge in [-0.05, 0) is 47.9 Å². The molecule has 0 aromatic heterocycles. The zero-order valence-electron chi connectivity index (χ0n) is 14.5. The largest absolute Gasteiger partial charge is 0.310 e. The third kappa shape index (κ3) is 4.27. The molecule has 0 radical (unpaired) electrons. The van der Waals surface area contributed by atoms with Gasteiger partial charge in [0.05, 0.1) is 0 Å². The Labute approximate surface area is 150 Å². The van der Waals surface area contributed by atoms with Crippen LogP contribution in [0.5, 0.6) is 0 Å². The average molecular weight is 325 g/mol. The van der Waals surface area contributed by atoms with Crippen molar-refractivity contribution >= 4 is 17.5 Å². The highest BCUT2D eigenvalue weighted by Crippen LogP contribution is 2.32. The van der Waals surface area contributed by atoms with Crippen molar-refractivity contribution in [1.29, 1.82) is 0 Å². The van der Waals surface area contributed by atoms with Gasteiger partial charge in [-0.2, -0.15) is 0 Å². The molecule has 124 valence electrons. The van der Waals surface area contributed by atoms with Gasteiger partial charge in [-0.3, -0.25) is 0 Å². The summed E-state index contributed by atoms with van der Waals surface area (Å²) in [5, 5.41) is 0. The molecule has 0 spiro atoms. The Hall–Kier alpha value is -3.06. The number of hydrogen-bond donors (Lipinski definition) is 0. The highest BCUT2D eigenvalue weighted by Gasteiger charge is 2.13. The summed E-state index contributed by atoms with van der Waals surface area (Å²) in [6.45, 7) is 5.94. The monoisotopic (exact) mass is 325 g/mol. The van der Waals surface area contributed by atoms with Gasteiger partial charge in [0.15, 0.2) is 0 Å². The predicted octanol–water partition coefficient (Wildman–Crippen LogP) is 6.67. The van der Waals surface area contributed by atoms with Gasteiger partial charge >= 0.3 is 0 Å². The lowest BCUT2D eigenvalue weighted by atomic mass is 10.1. The summed E-state index contributed by atoms with van der Waals surface area (Å²) >= 11 is 0. The van der Waals surface area contributed by atoms with E-state index in [-0.39, 0.29) is 0 Å². The third-order valence-corrected chi connectivity index (χ3v) is 4.08. The van der Waals surface area contributed by atoms with Gasteiger partial charge in [0, 0.05) is 17.1 Å². The quantitative estimate of drug-likeness (QED) is 0.555. The first kappa shape index (κ1) is 16.8. The molecule has 1 atom stereocenters. The van der Waals surface area contributed by atoms with Crippen LogP contribution in [0.2, 0.25) is 0 Å². The summed E-state index contributed by atoms with van der Waals surface area (Å²) in [6, 6.07) is 19.0. The Morgan fingerprint density at radius 3 is 2.56 bits per heavy atom. The van der Waals surface area contributed by atoms with Crippen LogP contribution in [0.1, 0.15) is 12.5 Å². The van der Waals surface area contributed by atoms with Crippen molar-refractivity contribution in [3.05, 3.63) is 115 Å². The van der Waals surface area contributed by atoms with Gasteiger partial charge in [0.2, 0.25) is 0 Å². The molecule has 1 aliphatic carbocycles. The second-order valence-corrected chi connectivity index (χ2v) is 6.06. The van der Waals surface area contributed by atoms with Crippen LogP contribution in [0.3, 0.4) is 0 Å². The molecule has 2 aromatic rings. The lowest BCUT2D eigenvalue weighted by Crippen LogP contribution is -2.15. The minimum Gasteiger partial charge on any atom is -0.310 e. The molecule has 0 unspecified atom stereocenters. The minimum absolute atomic E-state index is 0.438. The van der Waals surface area contributed by atoms with Crippen LogP contribution in [-0.2, 0) is 0 Å². The second-order valence-electron chi connectivity index (χ2n) is 6.06. The molecule has 25 heavy (non-hydrogen) atoms. The summed E-state index contributed by atoms with van der Waals surface area (Å²) < 4.78 is 0. The van der Waals surface area contributed by atoms with Crippen LogP contribution in [0.4, 0.5) is 11.4 Å². The summed E-state index contributed by atoms with van der Waals surface area (Å²) in [5.74, 6) is 0.438. The van der Waals surface area contributed by atoms with E-state index in [1.807, 2.05) is 12.1 Å². The maximum absolute atomic E-state index is 3.75. The Morgan fingerprint density at radius 2 is 1.76 bits per heavy atom. The van der Waals surface area contributed by atoms with Crippen LogP contribution in [0, 0.1) is 5.92 Å². The van der Waals surface area contributed by atoms with Gasteiger partial charge in [0.25, 0.3) is 0 Å². The van der Waals surface area contributed by atoms with Crippen LogP contribution in [0.15, 0.2) is 109 Å². The first-order chi connectivity index (χ1) is 12.3. The number of nitrogens with zero attached hydrogens (tertiary/aromatic N) is 1. The van der Waals surface area contributed by atoms with Gasteiger partial charge in [-0.15, -0.1) is 0 Å². The van der Waals surface area contributed by atoms with E-state index < -0.39 is 0 Å². The Kier molecular flexibility index (Phi) is 5.48. The number of allylic oxidation sites excluding steroid dienone is 7. The third-order valence-electron chi connectivity index (χ3n) is 4.08. The Morgan fingerprint density at radius 1 is 0.960 bits per heavy atom. The molecule has 1 nitrogen and oxygen atoms in total. The molecule has 0 aliphatic heterocycles. The lowest BCUT2D eigenvalue weighted by Gasteiger charge is -2.26. The zero-order chi connectivity index (χ0) is 17.5. The minimum atomic E-state index is 0.438. The summed E-state index contributed by atoms with van der Waals surface area (Å²) in [4.78, 5) is 2.28. The average Bonchev–Trinajstić information content (AvgIpc) is 2.86. The van der Waals surface area contributed by atoms with E-state index in [1.165, 1.54) is 0 Å². The number of benzene rings is 2. The van der Waals surface area contributed by atoms with Crippen molar-refractivity contribution in [3.8, 4) is 0 Å². The number of anilines is 2. The fourth-order valence-electron chi connectivity index (χ4n) is 2.82. The van der Waals surface area contributed by atoms with Gasteiger partial charge < -0.3 is 4.90 Å². The van der Waals surface area contributed by atoms with E-state index in [9.17, 15) is 0 Å². The number of para-hydroxylation sites is 1. The predicted molar refractivity (Wildman–Crippen MR) is 110 cm³/mol. The van der Waals surface area contributed by atoms with Crippen molar-refractivity contribution < 1.29 is 0 Å². The molecule has 3 rings (SSSR count). The Bertz CT molecular complexity index is 837. The van der Waals surface area contributed by atoms with Crippen molar-refractivity contribution in [2.75, 3.05) is 4.90 Å². The SMILES string of the molecule is C=C/C=C/c1cccc(N(C2=CC=C[C@@H](C)C=C2)c2ccccc2)c1. The fraction of sp³-hybridized carbons (Fsp3) is 0.0833. The van der Waals surface area contributed by atoms with E-state index in [0.29, 0.717) is 5.92 Å². The fourth-order valence-corrected chi connectivity index (χ4v) is 2.82. The highest BCUT2D eigenvalue weighted by molar-refractivity contribution is 5.72.